The van der Waals surface area contributed by atoms with Crippen molar-refractivity contribution in [1.29, 1.82) is 0 Å². The van der Waals surface area contributed by atoms with E-state index in [9.17, 15) is 14.0 Å². The molecule has 2 atom stereocenters. The van der Waals surface area contributed by atoms with E-state index in [0.29, 0.717) is 10.8 Å². The van der Waals surface area contributed by atoms with Crippen molar-refractivity contribution >= 4 is 35.2 Å². The van der Waals surface area contributed by atoms with E-state index >= 15 is 0 Å². The molecule has 1 saturated heterocycles. The zero-order chi connectivity index (χ0) is 23.5. The normalized spacial score (nSPS) is 16.7. The van der Waals surface area contributed by atoms with Gasteiger partial charge in [-0.05, 0) is 44.5 Å². The first kappa shape index (κ1) is 22.6. The molecule has 4 rings (SSSR count). The number of benzene rings is 1. The minimum atomic E-state index is -0.940. The molecule has 0 saturated carbocycles. The lowest BCUT2D eigenvalue weighted by atomic mass is 10.2. The number of anilines is 2. The van der Waals surface area contributed by atoms with E-state index in [1.54, 1.807) is 38.1 Å². The van der Waals surface area contributed by atoms with Gasteiger partial charge < -0.3 is 14.6 Å². The van der Waals surface area contributed by atoms with Gasteiger partial charge in [0, 0.05) is 17.0 Å². The highest BCUT2D eigenvalue weighted by molar-refractivity contribution is 6.30. The highest BCUT2D eigenvalue weighted by atomic mass is 35.5. The van der Waals surface area contributed by atoms with Gasteiger partial charge >= 0.3 is 5.97 Å². The van der Waals surface area contributed by atoms with Gasteiger partial charge in [0.1, 0.15) is 12.1 Å². The van der Waals surface area contributed by atoms with E-state index in [0.717, 1.165) is 16.7 Å². The topological polar surface area (TPSA) is 123 Å². The van der Waals surface area contributed by atoms with Crippen LogP contribution in [0.2, 0.25) is 5.02 Å². The SMILES string of the molecule is CCOC(=O)[C@H]1CCC(=O)N1c1nc(NC(C)c2nc(-c3ccc(Cl)cc3)no2)ncc1F. The van der Waals surface area contributed by atoms with Gasteiger partial charge in [0.25, 0.3) is 0 Å². The molecule has 12 heteroatoms. The number of rotatable bonds is 7. The zero-order valence-electron chi connectivity index (χ0n) is 17.8. The Morgan fingerprint density at radius 1 is 1.36 bits per heavy atom. The van der Waals surface area contributed by atoms with E-state index in [2.05, 4.69) is 25.4 Å². The van der Waals surface area contributed by atoms with E-state index in [-0.39, 0.29) is 37.1 Å². The minimum Gasteiger partial charge on any atom is -0.464 e. The summed E-state index contributed by atoms with van der Waals surface area (Å²) < 4.78 is 24.9. The van der Waals surface area contributed by atoms with Crippen LogP contribution in [0.4, 0.5) is 16.2 Å². The van der Waals surface area contributed by atoms with Crippen molar-refractivity contribution in [2.75, 3.05) is 16.8 Å². The molecule has 1 aliphatic heterocycles. The van der Waals surface area contributed by atoms with Crippen molar-refractivity contribution in [3.05, 3.63) is 47.2 Å². The summed E-state index contributed by atoms with van der Waals surface area (Å²) in [5.74, 6) is -1.52. The number of aromatic nitrogens is 4. The fourth-order valence-electron chi connectivity index (χ4n) is 3.39. The number of ether oxygens (including phenoxy) is 1. The smallest absolute Gasteiger partial charge is 0.329 e. The number of hydrogen-bond donors (Lipinski definition) is 1. The molecule has 1 unspecified atom stereocenters. The van der Waals surface area contributed by atoms with Crippen molar-refractivity contribution in [3.63, 3.8) is 0 Å². The predicted molar refractivity (Wildman–Crippen MR) is 116 cm³/mol. The summed E-state index contributed by atoms with van der Waals surface area (Å²) >= 11 is 5.90. The Labute approximate surface area is 193 Å². The molecule has 172 valence electrons. The highest BCUT2D eigenvalue weighted by Crippen LogP contribution is 2.29. The van der Waals surface area contributed by atoms with Crippen molar-refractivity contribution in [2.45, 2.75) is 38.8 Å². The fourth-order valence-corrected chi connectivity index (χ4v) is 3.52. The molecule has 33 heavy (non-hydrogen) atoms. The Bertz CT molecular complexity index is 1170. The third-order valence-corrected chi connectivity index (χ3v) is 5.24. The van der Waals surface area contributed by atoms with Crippen LogP contribution in [0.25, 0.3) is 11.4 Å². The van der Waals surface area contributed by atoms with Crippen LogP contribution < -0.4 is 10.2 Å². The number of esters is 1. The quantitative estimate of drug-likeness (QED) is 0.512. The van der Waals surface area contributed by atoms with Crippen molar-refractivity contribution in [2.24, 2.45) is 0 Å². The number of hydrogen-bond acceptors (Lipinski definition) is 9. The maximum absolute atomic E-state index is 14.5. The first-order valence-electron chi connectivity index (χ1n) is 10.2. The van der Waals surface area contributed by atoms with Gasteiger partial charge in [0.15, 0.2) is 11.6 Å². The second-order valence-electron chi connectivity index (χ2n) is 7.26. The van der Waals surface area contributed by atoms with Crippen LogP contribution in [0, 0.1) is 5.82 Å². The van der Waals surface area contributed by atoms with Crippen molar-refractivity contribution in [3.8, 4) is 11.4 Å². The maximum atomic E-state index is 14.5. The number of halogens is 2. The molecule has 1 aromatic carbocycles. The van der Waals surface area contributed by atoms with Gasteiger partial charge in [0.2, 0.25) is 23.6 Å². The molecule has 1 amide bonds. The number of carbonyl (C=O) groups is 2. The average molecular weight is 475 g/mol. The third kappa shape index (κ3) is 4.77. The second-order valence-corrected chi connectivity index (χ2v) is 7.70. The Hall–Kier alpha value is -3.60. The minimum absolute atomic E-state index is 0.0208. The summed E-state index contributed by atoms with van der Waals surface area (Å²) in [5, 5.41) is 7.49. The number of amides is 1. The van der Waals surface area contributed by atoms with Gasteiger partial charge in [-0.1, -0.05) is 16.8 Å². The van der Waals surface area contributed by atoms with Gasteiger partial charge in [-0.3, -0.25) is 9.69 Å². The molecule has 0 radical (unpaired) electrons. The van der Waals surface area contributed by atoms with Crippen LogP contribution in [0.1, 0.15) is 38.6 Å². The first-order chi connectivity index (χ1) is 15.9. The van der Waals surface area contributed by atoms with Crippen LogP contribution in [0.15, 0.2) is 35.0 Å². The molecule has 2 aromatic heterocycles. The molecule has 0 bridgehead atoms. The van der Waals surface area contributed by atoms with Crippen molar-refractivity contribution in [1.82, 2.24) is 20.1 Å². The van der Waals surface area contributed by atoms with Crippen LogP contribution in [-0.2, 0) is 14.3 Å². The molecule has 0 aliphatic carbocycles. The van der Waals surface area contributed by atoms with Gasteiger partial charge in [-0.2, -0.15) is 9.97 Å². The Morgan fingerprint density at radius 3 is 2.85 bits per heavy atom. The monoisotopic (exact) mass is 474 g/mol. The molecule has 10 nitrogen and oxygen atoms in total. The second kappa shape index (κ2) is 9.49. The molecule has 1 fully saturated rings. The lowest BCUT2D eigenvalue weighted by Crippen LogP contribution is -2.41. The van der Waals surface area contributed by atoms with E-state index in [4.69, 9.17) is 20.9 Å². The zero-order valence-corrected chi connectivity index (χ0v) is 18.5. The molecule has 1 aliphatic rings. The summed E-state index contributed by atoms with van der Waals surface area (Å²) in [5.41, 5.74) is 0.722. The Kier molecular flexibility index (Phi) is 6.50. The lowest BCUT2D eigenvalue weighted by Gasteiger charge is -2.23. The van der Waals surface area contributed by atoms with Crippen LogP contribution in [-0.4, -0.2) is 44.6 Å². The first-order valence-corrected chi connectivity index (χ1v) is 10.6. The molecular weight excluding hydrogens is 455 g/mol. The molecule has 3 aromatic rings. The molecule has 3 heterocycles. The molecule has 0 spiro atoms. The molecular formula is C21H20ClFN6O4. The van der Waals surface area contributed by atoms with E-state index in [1.807, 2.05) is 0 Å². The summed E-state index contributed by atoms with van der Waals surface area (Å²) in [6.07, 6.45) is 1.23. The summed E-state index contributed by atoms with van der Waals surface area (Å²) in [6.45, 7) is 3.54. The van der Waals surface area contributed by atoms with Crippen LogP contribution in [0.3, 0.4) is 0 Å². The summed E-state index contributed by atoms with van der Waals surface area (Å²) in [6, 6.07) is 5.48. The number of carbonyl (C=O) groups excluding carboxylic acids is 2. The van der Waals surface area contributed by atoms with Crippen molar-refractivity contribution < 1.29 is 23.2 Å². The van der Waals surface area contributed by atoms with E-state index < -0.39 is 29.8 Å². The lowest BCUT2D eigenvalue weighted by molar-refractivity contribution is -0.144. The van der Waals surface area contributed by atoms with Gasteiger partial charge in [0.05, 0.1) is 12.8 Å². The third-order valence-electron chi connectivity index (χ3n) is 4.98. The largest absolute Gasteiger partial charge is 0.464 e. The van der Waals surface area contributed by atoms with Crippen LogP contribution in [0.5, 0.6) is 0 Å². The fraction of sp³-hybridized carbons (Fsp3) is 0.333. The number of nitrogens with zero attached hydrogens (tertiary/aromatic N) is 5. The Balaban J connectivity index is 1.54. The van der Waals surface area contributed by atoms with Gasteiger partial charge in [-0.25, -0.2) is 14.2 Å². The maximum Gasteiger partial charge on any atom is 0.329 e. The Morgan fingerprint density at radius 2 is 2.12 bits per heavy atom. The van der Waals surface area contributed by atoms with Gasteiger partial charge in [-0.15, -0.1) is 0 Å². The van der Waals surface area contributed by atoms with Crippen LogP contribution >= 0.6 is 11.6 Å². The van der Waals surface area contributed by atoms with E-state index in [1.165, 1.54) is 0 Å². The summed E-state index contributed by atoms with van der Waals surface area (Å²) in [7, 11) is 0. The standard InChI is InChI=1S/C21H20ClFN6O4/c1-3-32-20(31)15-8-9-16(30)29(15)18-14(23)10-24-21(27-18)25-11(2)19-26-17(28-33-19)12-4-6-13(22)7-5-12/h4-7,10-11,15H,3,8-9H2,1-2H3,(H,24,25,27)/t11?,15-/m1/s1. The predicted octanol–water partition coefficient (Wildman–Crippen LogP) is 3.55. The summed E-state index contributed by atoms with van der Waals surface area (Å²) in [4.78, 5) is 38.1. The molecule has 1 N–H and O–H groups in total. The average Bonchev–Trinajstić information content (AvgIpc) is 3.43. The number of nitrogens with one attached hydrogen (secondary N) is 1. The highest BCUT2D eigenvalue weighted by Gasteiger charge is 2.40.